The molecule has 0 saturated heterocycles. The number of hydrogen-bond acceptors (Lipinski definition) is 2. The van der Waals surface area contributed by atoms with Crippen LogP contribution in [0.5, 0.6) is 11.5 Å². The van der Waals surface area contributed by atoms with Gasteiger partial charge in [-0.2, -0.15) is 0 Å². The number of benzene rings is 1. The highest BCUT2D eigenvalue weighted by molar-refractivity contribution is 14.1. The molecule has 1 aromatic rings. The maximum Gasteiger partial charge on any atom is 0.171 e. The smallest absolute Gasteiger partial charge is 0.171 e. The summed E-state index contributed by atoms with van der Waals surface area (Å²) in [6, 6.07) is 3.82. The second kappa shape index (κ2) is 4.17. The van der Waals surface area contributed by atoms with Gasteiger partial charge in [-0.3, -0.25) is 0 Å². The maximum absolute atomic E-state index is 9.69. The topological polar surface area (TPSA) is 29.5 Å². The Bertz CT molecular complexity index is 308. The summed E-state index contributed by atoms with van der Waals surface area (Å²) >= 11 is 2.08. The van der Waals surface area contributed by atoms with E-state index in [1.54, 1.807) is 0 Å². The van der Waals surface area contributed by atoms with Gasteiger partial charge in [0.25, 0.3) is 0 Å². The van der Waals surface area contributed by atoms with Crippen LogP contribution >= 0.6 is 22.6 Å². The number of aryl methyl sites for hydroxylation is 1. The molecule has 3 heteroatoms. The molecule has 0 aromatic heterocycles. The highest BCUT2D eigenvalue weighted by Crippen LogP contribution is 2.34. The molecule has 0 radical (unpaired) electrons. The van der Waals surface area contributed by atoms with E-state index in [2.05, 4.69) is 22.6 Å². The summed E-state index contributed by atoms with van der Waals surface area (Å²) in [7, 11) is 0. The van der Waals surface area contributed by atoms with Gasteiger partial charge >= 0.3 is 0 Å². The van der Waals surface area contributed by atoms with Crippen molar-refractivity contribution in [2.24, 2.45) is 0 Å². The molecule has 1 N–H and O–H groups in total. The molecule has 13 heavy (non-hydrogen) atoms. The zero-order valence-corrected chi connectivity index (χ0v) is 10.1. The van der Waals surface area contributed by atoms with Crippen molar-refractivity contribution in [2.45, 2.75) is 26.9 Å². The first-order chi connectivity index (χ1) is 6.02. The molecular formula is C10H13IO2. The maximum atomic E-state index is 9.69. The van der Waals surface area contributed by atoms with Crippen LogP contribution in [0, 0.1) is 10.5 Å². The fourth-order valence-electron chi connectivity index (χ4n) is 1.03. The van der Waals surface area contributed by atoms with Gasteiger partial charge in [0.2, 0.25) is 0 Å². The summed E-state index contributed by atoms with van der Waals surface area (Å²) in [6.07, 6.45) is 0.0859. The Balaban J connectivity index is 3.10. The molecule has 0 fully saturated rings. The van der Waals surface area contributed by atoms with Gasteiger partial charge in [-0.15, -0.1) is 0 Å². The van der Waals surface area contributed by atoms with E-state index in [9.17, 15) is 5.11 Å². The minimum Gasteiger partial charge on any atom is -0.504 e. The first-order valence-corrected chi connectivity index (χ1v) is 5.25. The quantitative estimate of drug-likeness (QED) is 0.849. The molecule has 0 bridgehead atoms. The number of ether oxygens (including phenoxy) is 1. The van der Waals surface area contributed by atoms with Crippen LogP contribution in [0.25, 0.3) is 0 Å². The predicted molar refractivity (Wildman–Crippen MR) is 61.3 cm³/mol. The normalized spacial score (nSPS) is 10.5. The predicted octanol–water partition coefficient (Wildman–Crippen LogP) is 3.09. The number of aromatic hydroxyl groups is 1. The summed E-state index contributed by atoms with van der Waals surface area (Å²) < 4.78 is 6.32. The molecule has 0 heterocycles. The molecule has 0 saturated carbocycles. The monoisotopic (exact) mass is 292 g/mol. The molecule has 0 atom stereocenters. The van der Waals surface area contributed by atoms with E-state index >= 15 is 0 Å². The van der Waals surface area contributed by atoms with E-state index in [1.807, 2.05) is 32.9 Å². The molecule has 0 unspecified atom stereocenters. The number of hydrogen-bond donors (Lipinski definition) is 1. The minimum atomic E-state index is 0.0859. The first kappa shape index (κ1) is 10.6. The molecule has 0 aliphatic carbocycles. The molecular weight excluding hydrogens is 279 g/mol. The van der Waals surface area contributed by atoms with E-state index in [1.165, 1.54) is 0 Å². The molecule has 1 rings (SSSR count). The summed E-state index contributed by atoms with van der Waals surface area (Å²) in [6.45, 7) is 5.81. The van der Waals surface area contributed by atoms with Crippen molar-refractivity contribution in [3.63, 3.8) is 0 Å². The molecule has 0 spiro atoms. The Morgan fingerprint density at radius 1 is 1.38 bits per heavy atom. The standard InChI is InChI=1S/C10H13IO2/c1-6(2)13-10-7(3)4-5-8(11)9(10)12/h4-6,12H,1-3H3. The fourth-order valence-corrected chi connectivity index (χ4v) is 1.46. The van der Waals surface area contributed by atoms with E-state index in [0.717, 1.165) is 9.13 Å². The van der Waals surface area contributed by atoms with Crippen molar-refractivity contribution in [1.82, 2.24) is 0 Å². The second-order valence-corrected chi connectivity index (χ2v) is 4.37. The van der Waals surface area contributed by atoms with Gasteiger partial charge in [0.05, 0.1) is 9.67 Å². The Morgan fingerprint density at radius 2 is 2.00 bits per heavy atom. The largest absolute Gasteiger partial charge is 0.504 e. The van der Waals surface area contributed by atoms with E-state index < -0.39 is 0 Å². The lowest BCUT2D eigenvalue weighted by Crippen LogP contribution is -2.07. The first-order valence-electron chi connectivity index (χ1n) is 4.17. The Morgan fingerprint density at radius 3 is 2.54 bits per heavy atom. The zero-order valence-electron chi connectivity index (χ0n) is 7.97. The van der Waals surface area contributed by atoms with Crippen LogP contribution in [0.1, 0.15) is 19.4 Å². The Kier molecular flexibility index (Phi) is 3.41. The summed E-state index contributed by atoms with van der Waals surface area (Å²) in [5.41, 5.74) is 0.964. The number of phenolic OH excluding ortho intramolecular Hbond substituents is 1. The molecule has 1 aromatic carbocycles. The number of rotatable bonds is 2. The lowest BCUT2D eigenvalue weighted by molar-refractivity contribution is 0.229. The van der Waals surface area contributed by atoms with Gasteiger partial charge in [0.1, 0.15) is 0 Å². The van der Waals surface area contributed by atoms with Crippen LogP contribution in [0.15, 0.2) is 12.1 Å². The lowest BCUT2D eigenvalue weighted by Gasteiger charge is -2.14. The van der Waals surface area contributed by atoms with Crippen LogP contribution in [-0.2, 0) is 0 Å². The van der Waals surface area contributed by atoms with Crippen LogP contribution in [0.3, 0.4) is 0 Å². The van der Waals surface area contributed by atoms with Gasteiger partial charge in [-0.25, -0.2) is 0 Å². The van der Waals surface area contributed by atoms with Crippen molar-refractivity contribution >= 4 is 22.6 Å². The van der Waals surface area contributed by atoms with E-state index in [0.29, 0.717) is 5.75 Å². The molecule has 0 aliphatic heterocycles. The Hall–Kier alpha value is -0.450. The van der Waals surface area contributed by atoms with Crippen LogP contribution in [0.4, 0.5) is 0 Å². The van der Waals surface area contributed by atoms with Crippen molar-refractivity contribution in [1.29, 1.82) is 0 Å². The van der Waals surface area contributed by atoms with Gasteiger partial charge in [0, 0.05) is 0 Å². The average Bonchev–Trinajstić information content (AvgIpc) is 2.05. The highest BCUT2D eigenvalue weighted by Gasteiger charge is 2.10. The lowest BCUT2D eigenvalue weighted by atomic mass is 10.2. The van der Waals surface area contributed by atoms with Crippen molar-refractivity contribution in [3.8, 4) is 11.5 Å². The third-order valence-corrected chi connectivity index (χ3v) is 2.50. The van der Waals surface area contributed by atoms with Gasteiger partial charge < -0.3 is 9.84 Å². The fraction of sp³-hybridized carbons (Fsp3) is 0.400. The van der Waals surface area contributed by atoms with Crippen molar-refractivity contribution in [2.75, 3.05) is 0 Å². The second-order valence-electron chi connectivity index (χ2n) is 3.21. The van der Waals surface area contributed by atoms with E-state index in [-0.39, 0.29) is 11.9 Å². The molecule has 0 amide bonds. The number of halogens is 1. The summed E-state index contributed by atoms with van der Waals surface area (Å²) in [5.74, 6) is 0.844. The third kappa shape index (κ3) is 2.49. The average molecular weight is 292 g/mol. The SMILES string of the molecule is Cc1ccc(I)c(O)c1OC(C)C. The molecule has 0 aliphatic rings. The molecule has 2 nitrogen and oxygen atoms in total. The van der Waals surface area contributed by atoms with Crippen molar-refractivity contribution in [3.05, 3.63) is 21.3 Å². The van der Waals surface area contributed by atoms with Crippen LogP contribution in [-0.4, -0.2) is 11.2 Å². The highest BCUT2D eigenvalue weighted by atomic mass is 127. The van der Waals surface area contributed by atoms with Crippen LogP contribution in [0.2, 0.25) is 0 Å². The minimum absolute atomic E-state index is 0.0859. The van der Waals surface area contributed by atoms with Gasteiger partial charge in [0.15, 0.2) is 11.5 Å². The number of phenols is 1. The van der Waals surface area contributed by atoms with E-state index in [4.69, 9.17) is 4.74 Å². The van der Waals surface area contributed by atoms with Gasteiger partial charge in [-0.05, 0) is 55.0 Å². The Labute approximate surface area is 92.1 Å². The molecule has 72 valence electrons. The van der Waals surface area contributed by atoms with Crippen LogP contribution < -0.4 is 4.74 Å². The third-order valence-electron chi connectivity index (χ3n) is 1.63. The van der Waals surface area contributed by atoms with Crippen molar-refractivity contribution < 1.29 is 9.84 Å². The zero-order chi connectivity index (χ0) is 10.0. The van der Waals surface area contributed by atoms with Gasteiger partial charge in [-0.1, -0.05) is 6.07 Å². The summed E-state index contributed by atoms with van der Waals surface area (Å²) in [4.78, 5) is 0. The summed E-state index contributed by atoms with van der Waals surface area (Å²) in [5, 5.41) is 9.69.